The number of hydrogen-bond acceptors (Lipinski definition) is 6. The van der Waals surface area contributed by atoms with E-state index in [2.05, 4.69) is 30.7 Å². The summed E-state index contributed by atoms with van der Waals surface area (Å²) in [6, 6.07) is 16.0. The average molecular weight is 389 g/mol. The predicted octanol–water partition coefficient (Wildman–Crippen LogP) is 2.82. The van der Waals surface area contributed by atoms with Gasteiger partial charge in [0, 0.05) is 18.5 Å². The van der Waals surface area contributed by atoms with E-state index in [0.29, 0.717) is 24.6 Å². The van der Waals surface area contributed by atoms with Crippen molar-refractivity contribution in [2.45, 2.75) is 26.3 Å². The molecule has 0 atom stereocenters. The van der Waals surface area contributed by atoms with E-state index in [1.165, 1.54) is 0 Å². The molecule has 4 rings (SSSR count). The van der Waals surface area contributed by atoms with Crippen LogP contribution in [0, 0.1) is 0 Å². The third kappa shape index (κ3) is 3.88. The van der Waals surface area contributed by atoms with Crippen LogP contribution in [-0.2, 0) is 13.0 Å². The lowest BCUT2D eigenvalue weighted by Crippen LogP contribution is -2.06. The van der Waals surface area contributed by atoms with E-state index in [1.54, 1.807) is 4.68 Å². The molecular weight excluding hydrogens is 370 g/mol. The number of aromatic amines is 1. The van der Waals surface area contributed by atoms with E-state index >= 15 is 0 Å². The highest BCUT2D eigenvalue weighted by molar-refractivity contribution is 5.83. The Morgan fingerprint density at radius 3 is 2.52 bits per heavy atom. The SMILES string of the molecule is CCCn1nc(C(=O)O)nc1Cc1ccc(-c2ccccc2-c2nnn[nH]2)cc1. The van der Waals surface area contributed by atoms with Gasteiger partial charge >= 0.3 is 5.97 Å². The van der Waals surface area contributed by atoms with Gasteiger partial charge in [0.05, 0.1) is 0 Å². The summed E-state index contributed by atoms with van der Waals surface area (Å²) in [4.78, 5) is 15.4. The molecule has 0 radical (unpaired) electrons. The minimum atomic E-state index is -1.12. The highest BCUT2D eigenvalue weighted by Gasteiger charge is 2.15. The van der Waals surface area contributed by atoms with Gasteiger partial charge in [0.1, 0.15) is 5.82 Å². The maximum atomic E-state index is 11.2. The summed E-state index contributed by atoms with van der Waals surface area (Å²) in [5.74, 6) is -0.0293. The lowest BCUT2D eigenvalue weighted by molar-refractivity contribution is 0.0683. The molecule has 0 aliphatic heterocycles. The summed E-state index contributed by atoms with van der Waals surface area (Å²) >= 11 is 0. The number of nitrogens with one attached hydrogen (secondary N) is 1. The second kappa shape index (κ2) is 8.01. The Hall–Kier alpha value is -3.88. The number of aryl methyl sites for hydroxylation is 1. The second-order valence-electron chi connectivity index (χ2n) is 6.55. The molecule has 0 fully saturated rings. The number of carbonyl (C=O) groups is 1. The lowest BCUT2D eigenvalue weighted by atomic mass is 9.98. The number of nitrogens with zero attached hydrogens (tertiary/aromatic N) is 6. The molecule has 0 unspecified atom stereocenters. The maximum Gasteiger partial charge on any atom is 0.375 e. The molecule has 0 saturated carbocycles. The van der Waals surface area contributed by atoms with Crippen molar-refractivity contribution in [1.29, 1.82) is 0 Å². The van der Waals surface area contributed by atoms with Crippen LogP contribution in [-0.4, -0.2) is 46.5 Å². The number of aromatic nitrogens is 7. The number of tetrazole rings is 1. The molecule has 2 aromatic carbocycles. The van der Waals surface area contributed by atoms with Crippen molar-refractivity contribution in [1.82, 2.24) is 35.4 Å². The number of H-pyrrole nitrogens is 1. The van der Waals surface area contributed by atoms with Crippen LogP contribution in [0.4, 0.5) is 0 Å². The van der Waals surface area contributed by atoms with Crippen LogP contribution in [0.3, 0.4) is 0 Å². The zero-order valence-corrected chi connectivity index (χ0v) is 15.8. The van der Waals surface area contributed by atoms with Gasteiger partial charge in [-0.2, -0.15) is 0 Å². The zero-order chi connectivity index (χ0) is 20.2. The molecule has 0 spiro atoms. The summed E-state index contributed by atoms with van der Waals surface area (Å²) in [6.07, 6.45) is 1.36. The van der Waals surface area contributed by atoms with E-state index in [9.17, 15) is 4.79 Å². The molecule has 0 saturated heterocycles. The molecule has 146 valence electrons. The molecular formula is C20H19N7O2. The van der Waals surface area contributed by atoms with E-state index in [0.717, 1.165) is 28.7 Å². The Kier molecular flexibility index (Phi) is 5.10. The number of benzene rings is 2. The Labute approximate surface area is 166 Å². The van der Waals surface area contributed by atoms with Crippen LogP contribution in [0.5, 0.6) is 0 Å². The molecule has 4 aromatic rings. The van der Waals surface area contributed by atoms with Crippen molar-refractivity contribution in [3.8, 4) is 22.5 Å². The standard InChI is InChI=1S/C20H19N7O2/c1-2-11-27-17(21-19(24-27)20(28)29)12-13-7-9-14(10-8-13)15-5-3-4-6-16(15)18-22-25-26-23-18/h3-10H,2,11-12H2,1H3,(H,28,29)(H,22,23,25,26). The third-order valence-corrected chi connectivity index (χ3v) is 4.53. The Balaban J connectivity index is 1.61. The Morgan fingerprint density at radius 1 is 1.10 bits per heavy atom. The van der Waals surface area contributed by atoms with Crippen molar-refractivity contribution in [3.63, 3.8) is 0 Å². The van der Waals surface area contributed by atoms with Crippen LogP contribution in [0.2, 0.25) is 0 Å². The molecule has 29 heavy (non-hydrogen) atoms. The monoisotopic (exact) mass is 389 g/mol. The molecule has 0 aliphatic carbocycles. The first-order valence-corrected chi connectivity index (χ1v) is 9.25. The molecule has 0 bridgehead atoms. The minimum Gasteiger partial charge on any atom is -0.475 e. The fraction of sp³-hybridized carbons (Fsp3) is 0.200. The van der Waals surface area contributed by atoms with Gasteiger partial charge in [-0.1, -0.05) is 55.5 Å². The van der Waals surface area contributed by atoms with E-state index < -0.39 is 5.97 Å². The quantitative estimate of drug-likeness (QED) is 0.498. The largest absolute Gasteiger partial charge is 0.475 e. The van der Waals surface area contributed by atoms with Crippen molar-refractivity contribution in [2.24, 2.45) is 0 Å². The molecule has 0 aliphatic rings. The number of carboxylic acids is 1. The van der Waals surface area contributed by atoms with Gasteiger partial charge in [0.2, 0.25) is 0 Å². The first-order valence-electron chi connectivity index (χ1n) is 9.25. The average Bonchev–Trinajstić information content (AvgIpc) is 3.40. The lowest BCUT2D eigenvalue weighted by Gasteiger charge is -2.09. The highest BCUT2D eigenvalue weighted by Crippen LogP contribution is 2.29. The van der Waals surface area contributed by atoms with Gasteiger partial charge in [-0.3, -0.25) is 0 Å². The summed E-state index contributed by atoms with van der Waals surface area (Å²) in [7, 11) is 0. The number of rotatable bonds is 7. The van der Waals surface area contributed by atoms with Crippen molar-refractivity contribution in [3.05, 3.63) is 65.7 Å². The fourth-order valence-corrected chi connectivity index (χ4v) is 3.19. The van der Waals surface area contributed by atoms with Gasteiger partial charge in [-0.25, -0.2) is 19.6 Å². The normalized spacial score (nSPS) is 10.9. The topological polar surface area (TPSA) is 122 Å². The minimum absolute atomic E-state index is 0.167. The number of aromatic carboxylic acids is 1. The van der Waals surface area contributed by atoms with Gasteiger partial charge in [-0.15, -0.1) is 10.2 Å². The van der Waals surface area contributed by atoms with Gasteiger partial charge in [0.15, 0.2) is 5.82 Å². The molecule has 9 heteroatoms. The molecule has 9 nitrogen and oxygen atoms in total. The summed E-state index contributed by atoms with van der Waals surface area (Å²) in [6.45, 7) is 2.65. The number of hydrogen-bond donors (Lipinski definition) is 2. The van der Waals surface area contributed by atoms with E-state index in [1.807, 2.05) is 55.5 Å². The molecule has 2 aromatic heterocycles. The van der Waals surface area contributed by atoms with Crippen molar-refractivity contribution < 1.29 is 9.90 Å². The summed E-state index contributed by atoms with van der Waals surface area (Å²) in [5, 5.41) is 27.4. The maximum absolute atomic E-state index is 11.2. The van der Waals surface area contributed by atoms with Gasteiger partial charge in [0.25, 0.3) is 5.82 Å². The predicted molar refractivity (Wildman–Crippen MR) is 105 cm³/mol. The Bertz CT molecular complexity index is 1120. The van der Waals surface area contributed by atoms with Crippen LogP contribution < -0.4 is 0 Å². The number of carboxylic acid groups (broad SMARTS) is 1. The summed E-state index contributed by atoms with van der Waals surface area (Å²) in [5.41, 5.74) is 3.98. The van der Waals surface area contributed by atoms with E-state index in [-0.39, 0.29) is 5.82 Å². The van der Waals surface area contributed by atoms with Crippen LogP contribution in [0.15, 0.2) is 48.5 Å². The summed E-state index contributed by atoms with van der Waals surface area (Å²) < 4.78 is 1.67. The molecule has 2 N–H and O–H groups in total. The van der Waals surface area contributed by atoms with Crippen LogP contribution in [0.25, 0.3) is 22.5 Å². The molecule has 2 heterocycles. The highest BCUT2D eigenvalue weighted by atomic mass is 16.4. The molecule has 0 amide bonds. The third-order valence-electron chi connectivity index (χ3n) is 4.53. The first-order chi connectivity index (χ1) is 14.2. The zero-order valence-electron chi connectivity index (χ0n) is 15.8. The van der Waals surface area contributed by atoms with Crippen molar-refractivity contribution >= 4 is 5.97 Å². The fourth-order valence-electron chi connectivity index (χ4n) is 3.19. The van der Waals surface area contributed by atoms with Crippen LogP contribution in [0.1, 0.15) is 35.4 Å². The van der Waals surface area contributed by atoms with E-state index in [4.69, 9.17) is 5.11 Å². The Morgan fingerprint density at radius 2 is 1.86 bits per heavy atom. The van der Waals surface area contributed by atoms with Gasteiger partial charge in [-0.05, 0) is 33.5 Å². The first kappa shape index (κ1) is 18.5. The van der Waals surface area contributed by atoms with Gasteiger partial charge < -0.3 is 5.11 Å². The smallest absolute Gasteiger partial charge is 0.375 e. The van der Waals surface area contributed by atoms with Crippen LogP contribution >= 0.6 is 0 Å². The second-order valence-corrected chi connectivity index (χ2v) is 6.55. The van der Waals surface area contributed by atoms with Crippen molar-refractivity contribution in [2.75, 3.05) is 0 Å².